The molecule has 2 aromatic rings. The number of carbonyl (C=O) groups is 2. The van der Waals surface area contributed by atoms with Crippen LogP contribution in [0.2, 0.25) is 0 Å². The van der Waals surface area contributed by atoms with Crippen molar-refractivity contribution >= 4 is 39.0 Å². The zero-order valence-corrected chi connectivity index (χ0v) is 9.57. The molecule has 0 spiro atoms. The summed E-state index contributed by atoms with van der Waals surface area (Å²) in [6, 6.07) is 0. The number of nitrogens with two attached hydrogens (primary N) is 1. The highest BCUT2D eigenvalue weighted by atomic mass is 32.1. The van der Waals surface area contributed by atoms with Gasteiger partial charge in [0.15, 0.2) is 5.78 Å². The van der Waals surface area contributed by atoms with E-state index in [1.165, 1.54) is 18.3 Å². The summed E-state index contributed by atoms with van der Waals surface area (Å²) in [4.78, 5) is 26.1. The van der Waals surface area contributed by atoms with E-state index < -0.39 is 5.97 Å². The average molecular weight is 238 g/mol. The quantitative estimate of drug-likeness (QED) is 0.697. The van der Waals surface area contributed by atoms with Crippen LogP contribution in [0.15, 0.2) is 0 Å². The molecule has 0 bridgehead atoms. The highest BCUT2D eigenvalue weighted by molar-refractivity contribution is 7.20. The topological polar surface area (TPSA) is 96.2 Å². The summed E-state index contributed by atoms with van der Waals surface area (Å²) in [5.74, 6) is -1.13. The van der Waals surface area contributed by atoms with E-state index in [1.807, 2.05) is 0 Å². The SMILES string of the molecule is CC(=O)c1sc2[nH]c(C(=O)O)c(N)c2c1C. The van der Waals surface area contributed by atoms with Gasteiger partial charge in [-0.3, -0.25) is 4.79 Å². The van der Waals surface area contributed by atoms with Crippen LogP contribution in [-0.4, -0.2) is 21.8 Å². The number of anilines is 1. The Bertz CT molecular complexity index is 560. The van der Waals surface area contributed by atoms with Crippen molar-refractivity contribution < 1.29 is 14.7 Å². The molecule has 0 fully saturated rings. The number of ketones is 1. The Kier molecular flexibility index (Phi) is 2.23. The molecule has 4 N–H and O–H groups in total. The van der Waals surface area contributed by atoms with Crippen LogP contribution in [0.4, 0.5) is 5.69 Å². The zero-order chi connectivity index (χ0) is 12.0. The molecule has 2 heterocycles. The van der Waals surface area contributed by atoms with Gasteiger partial charge in [0.1, 0.15) is 10.5 Å². The number of aromatic nitrogens is 1. The van der Waals surface area contributed by atoms with Crippen LogP contribution in [0.3, 0.4) is 0 Å². The zero-order valence-electron chi connectivity index (χ0n) is 8.75. The van der Waals surface area contributed by atoms with Crippen LogP contribution in [0.1, 0.15) is 32.6 Å². The number of rotatable bonds is 2. The Hall–Kier alpha value is -1.82. The third-order valence-corrected chi connectivity index (χ3v) is 3.77. The molecular weight excluding hydrogens is 228 g/mol. The summed E-state index contributed by atoms with van der Waals surface area (Å²) in [6.45, 7) is 3.25. The van der Waals surface area contributed by atoms with Gasteiger partial charge in [0.25, 0.3) is 0 Å². The number of aromatic amines is 1. The Labute approximate surface area is 94.9 Å². The van der Waals surface area contributed by atoms with Crippen LogP contribution in [0.5, 0.6) is 0 Å². The second kappa shape index (κ2) is 3.34. The summed E-state index contributed by atoms with van der Waals surface area (Å²) in [7, 11) is 0. The lowest BCUT2D eigenvalue weighted by molar-refractivity contribution is 0.0692. The van der Waals surface area contributed by atoms with E-state index in [9.17, 15) is 9.59 Å². The number of fused-ring (bicyclic) bond motifs is 1. The molecule has 16 heavy (non-hydrogen) atoms. The fourth-order valence-electron chi connectivity index (χ4n) is 1.74. The molecule has 6 heteroatoms. The van der Waals surface area contributed by atoms with Crippen LogP contribution < -0.4 is 5.73 Å². The molecule has 2 rings (SSSR count). The van der Waals surface area contributed by atoms with E-state index in [1.54, 1.807) is 6.92 Å². The number of carboxylic acids is 1. The number of hydrogen-bond donors (Lipinski definition) is 3. The van der Waals surface area contributed by atoms with Gasteiger partial charge < -0.3 is 15.8 Å². The lowest BCUT2D eigenvalue weighted by atomic mass is 10.1. The predicted molar refractivity (Wildman–Crippen MR) is 62.3 cm³/mol. The van der Waals surface area contributed by atoms with Crippen molar-refractivity contribution in [1.82, 2.24) is 4.98 Å². The van der Waals surface area contributed by atoms with Crippen LogP contribution in [-0.2, 0) is 0 Å². The van der Waals surface area contributed by atoms with Crippen molar-refractivity contribution in [1.29, 1.82) is 0 Å². The molecule has 0 aliphatic heterocycles. The summed E-state index contributed by atoms with van der Waals surface area (Å²) in [6.07, 6.45) is 0. The summed E-state index contributed by atoms with van der Waals surface area (Å²) >= 11 is 1.24. The lowest BCUT2D eigenvalue weighted by Crippen LogP contribution is -2.01. The first-order valence-corrected chi connectivity index (χ1v) is 5.40. The Balaban J connectivity index is 2.79. The number of thiophene rings is 1. The Morgan fingerprint density at radius 2 is 2.06 bits per heavy atom. The molecule has 0 saturated heterocycles. The molecule has 5 nitrogen and oxygen atoms in total. The molecule has 2 aromatic heterocycles. The number of nitrogen functional groups attached to an aromatic ring is 1. The summed E-state index contributed by atoms with van der Waals surface area (Å²) < 4.78 is 0. The molecule has 0 aromatic carbocycles. The number of carbonyl (C=O) groups excluding carboxylic acids is 1. The highest BCUT2D eigenvalue weighted by Gasteiger charge is 2.21. The molecule has 0 unspecified atom stereocenters. The number of aryl methyl sites for hydroxylation is 1. The fraction of sp³-hybridized carbons (Fsp3) is 0.200. The minimum Gasteiger partial charge on any atom is -0.477 e. The molecule has 0 aliphatic rings. The number of H-pyrrole nitrogens is 1. The van der Waals surface area contributed by atoms with Gasteiger partial charge in [0, 0.05) is 5.39 Å². The first-order valence-electron chi connectivity index (χ1n) is 4.58. The minimum atomic E-state index is -1.09. The molecule has 84 valence electrons. The number of Topliss-reactive ketones (excluding diaryl/α,β-unsaturated/α-hetero) is 1. The summed E-state index contributed by atoms with van der Waals surface area (Å²) in [5.41, 5.74) is 6.67. The maximum absolute atomic E-state index is 11.3. The Morgan fingerprint density at radius 3 is 2.50 bits per heavy atom. The van der Waals surface area contributed by atoms with Gasteiger partial charge in [-0.15, -0.1) is 11.3 Å². The van der Waals surface area contributed by atoms with Crippen LogP contribution in [0.25, 0.3) is 10.2 Å². The standard InChI is InChI=1S/C10H10N2O3S/c1-3-5-6(11)7(10(14)15)12-9(5)16-8(3)4(2)13/h12H,11H2,1-2H3,(H,14,15). The monoisotopic (exact) mass is 238 g/mol. The highest BCUT2D eigenvalue weighted by Crippen LogP contribution is 2.36. The number of aromatic carboxylic acids is 1. The van der Waals surface area contributed by atoms with E-state index in [-0.39, 0.29) is 17.2 Å². The minimum absolute atomic E-state index is 0.0144. The fourth-order valence-corrected chi connectivity index (χ4v) is 2.86. The van der Waals surface area contributed by atoms with E-state index in [0.717, 1.165) is 5.56 Å². The van der Waals surface area contributed by atoms with Crippen molar-refractivity contribution in [3.63, 3.8) is 0 Å². The number of nitrogens with one attached hydrogen (secondary N) is 1. The largest absolute Gasteiger partial charge is 0.477 e. The molecule has 0 saturated carbocycles. The molecular formula is C10H10N2O3S. The average Bonchev–Trinajstić information content (AvgIpc) is 2.66. The second-order valence-electron chi connectivity index (χ2n) is 3.54. The molecule has 0 radical (unpaired) electrons. The third kappa shape index (κ3) is 1.30. The van der Waals surface area contributed by atoms with Crippen molar-refractivity contribution in [3.8, 4) is 0 Å². The number of hydrogen-bond acceptors (Lipinski definition) is 4. The van der Waals surface area contributed by atoms with Crippen LogP contribution >= 0.6 is 11.3 Å². The van der Waals surface area contributed by atoms with Crippen molar-refractivity contribution in [2.45, 2.75) is 13.8 Å². The normalized spacial score (nSPS) is 10.9. The maximum atomic E-state index is 11.3. The van der Waals surface area contributed by atoms with E-state index in [2.05, 4.69) is 4.98 Å². The smallest absolute Gasteiger partial charge is 0.354 e. The predicted octanol–water partition coefficient (Wildman–Crippen LogP) is 2.02. The summed E-state index contributed by atoms with van der Waals surface area (Å²) in [5, 5.41) is 9.53. The first kappa shape index (κ1) is 10.7. The van der Waals surface area contributed by atoms with E-state index in [0.29, 0.717) is 15.1 Å². The van der Waals surface area contributed by atoms with Gasteiger partial charge in [-0.25, -0.2) is 4.79 Å². The Morgan fingerprint density at radius 1 is 1.44 bits per heavy atom. The molecule has 0 aliphatic carbocycles. The van der Waals surface area contributed by atoms with Crippen molar-refractivity contribution in [2.75, 3.05) is 5.73 Å². The van der Waals surface area contributed by atoms with Crippen molar-refractivity contribution in [3.05, 3.63) is 16.1 Å². The van der Waals surface area contributed by atoms with Gasteiger partial charge in [-0.2, -0.15) is 0 Å². The molecule has 0 amide bonds. The first-order chi connectivity index (χ1) is 7.43. The molecule has 0 atom stereocenters. The van der Waals surface area contributed by atoms with Crippen molar-refractivity contribution in [2.24, 2.45) is 0 Å². The second-order valence-corrected chi connectivity index (χ2v) is 4.56. The van der Waals surface area contributed by atoms with Gasteiger partial charge in [0.2, 0.25) is 0 Å². The maximum Gasteiger partial charge on any atom is 0.354 e. The van der Waals surface area contributed by atoms with Crippen LogP contribution in [0, 0.1) is 6.92 Å². The van der Waals surface area contributed by atoms with Gasteiger partial charge in [-0.1, -0.05) is 0 Å². The van der Waals surface area contributed by atoms with Gasteiger partial charge in [0.05, 0.1) is 10.6 Å². The third-order valence-electron chi connectivity index (χ3n) is 2.46. The van der Waals surface area contributed by atoms with Gasteiger partial charge >= 0.3 is 5.97 Å². The van der Waals surface area contributed by atoms with Gasteiger partial charge in [-0.05, 0) is 19.4 Å². The lowest BCUT2D eigenvalue weighted by Gasteiger charge is -1.95. The van der Waals surface area contributed by atoms with E-state index >= 15 is 0 Å². The van der Waals surface area contributed by atoms with E-state index in [4.69, 9.17) is 10.8 Å². The number of carboxylic acid groups (broad SMARTS) is 1.